The number of halogens is 6. The van der Waals surface area contributed by atoms with Gasteiger partial charge in [0, 0.05) is 13.1 Å². The number of benzene rings is 1. The molecule has 2 aliphatic rings. The molecule has 4 rings (SSSR count). The molecule has 13 heteroatoms. The van der Waals surface area contributed by atoms with Crippen LogP contribution in [0.5, 0.6) is 5.75 Å². The zero-order valence-electron chi connectivity index (χ0n) is 16.3. The maximum absolute atomic E-state index is 13.1. The summed E-state index contributed by atoms with van der Waals surface area (Å²) in [6, 6.07) is 5.25. The molecule has 2 fully saturated rings. The zero-order chi connectivity index (χ0) is 23.5. The molecule has 1 saturated heterocycles. The van der Waals surface area contributed by atoms with Crippen molar-refractivity contribution in [2.45, 2.75) is 37.2 Å². The number of hydrogen-bond donors (Lipinski definition) is 0. The molecule has 0 N–H and O–H groups in total. The first-order valence-electron chi connectivity index (χ1n) is 9.33. The van der Waals surface area contributed by atoms with Gasteiger partial charge in [0.15, 0.2) is 11.9 Å². The Morgan fingerprint density at radius 3 is 2.66 bits per heavy atom. The number of carbonyl (C=O) groups excluding carboxylic acids is 1. The topological polar surface area (TPSA) is 92.2 Å². The summed E-state index contributed by atoms with van der Waals surface area (Å²) >= 11 is 0. The molecule has 0 radical (unpaired) electrons. The smallest absolute Gasteiger partial charge is 0.471 e. The van der Waals surface area contributed by atoms with Crippen molar-refractivity contribution in [2.24, 2.45) is 5.92 Å². The molecule has 32 heavy (non-hydrogen) atoms. The van der Waals surface area contributed by atoms with E-state index >= 15 is 0 Å². The highest BCUT2D eigenvalue weighted by atomic mass is 19.4. The lowest BCUT2D eigenvalue weighted by atomic mass is 10.1. The zero-order valence-corrected chi connectivity index (χ0v) is 16.3. The molecule has 1 saturated carbocycles. The number of nitrogens with zero attached hydrogens (tertiary/aromatic N) is 4. The van der Waals surface area contributed by atoms with Crippen molar-refractivity contribution in [1.82, 2.24) is 15.0 Å². The number of amides is 1. The first-order chi connectivity index (χ1) is 14.8. The van der Waals surface area contributed by atoms with Crippen molar-refractivity contribution in [1.29, 1.82) is 5.26 Å². The van der Waals surface area contributed by atoms with Crippen LogP contribution in [0.2, 0.25) is 0 Å². The van der Waals surface area contributed by atoms with Crippen molar-refractivity contribution in [2.75, 3.05) is 13.1 Å². The van der Waals surface area contributed by atoms with E-state index in [0.29, 0.717) is 6.42 Å². The van der Waals surface area contributed by atoms with E-state index in [0.717, 1.165) is 19.1 Å². The Labute approximate surface area is 176 Å². The monoisotopic (exact) mass is 460 g/mol. The van der Waals surface area contributed by atoms with E-state index in [1.165, 1.54) is 11.0 Å². The second-order valence-corrected chi connectivity index (χ2v) is 7.79. The molecule has 0 spiro atoms. The molecule has 0 bridgehead atoms. The van der Waals surface area contributed by atoms with Crippen LogP contribution in [0.3, 0.4) is 0 Å². The molecule has 1 aliphatic carbocycles. The van der Waals surface area contributed by atoms with Crippen LogP contribution in [0, 0.1) is 17.2 Å². The standard InChI is InChI=1S/C19H14F6N4O3/c1-9(18(20,21)22)31-13-3-2-10(6-26)4-12(13)14(30)29-7-11-5-17(11,8-29)15-27-16(32-28-15)19(23,24)25/h2-4,9,11H,5,7-8H2,1H3. The van der Waals surface area contributed by atoms with Gasteiger partial charge in [-0.05, 0) is 37.5 Å². The number of alkyl halides is 6. The molecule has 3 atom stereocenters. The van der Waals surface area contributed by atoms with E-state index in [1.807, 2.05) is 0 Å². The number of ether oxygens (including phenoxy) is 1. The van der Waals surface area contributed by atoms with E-state index in [4.69, 9.17) is 10.00 Å². The molecule has 3 unspecified atom stereocenters. The normalized spacial score (nSPS) is 23.4. The van der Waals surface area contributed by atoms with Crippen LogP contribution in [0.4, 0.5) is 26.3 Å². The third kappa shape index (κ3) is 3.74. The number of aromatic nitrogens is 2. The second-order valence-electron chi connectivity index (χ2n) is 7.79. The van der Waals surface area contributed by atoms with Gasteiger partial charge < -0.3 is 14.2 Å². The van der Waals surface area contributed by atoms with Crippen molar-refractivity contribution in [3.05, 3.63) is 41.0 Å². The SMILES string of the molecule is CC(Oc1ccc(C#N)cc1C(=O)N1CC2CC2(c2noc(C(F)(F)F)n2)C1)C(F)(F)F. The van der Waals surface area contributed by atoms with Gasteiger partial charge in [-0.1, -0.05) is 5.16 Å². The van der Waals surface area contributed by atoms with Crippen LogP contribution in [0.15, 0.2) is 22.7 Å². The molecule has 2 heterocycles. The van der Waals surface area contributed by atoms with Crippen molar-refractivity contribution in [3.8, 4) is 11.8 Å². The summed E-state index contributed by atoms with van der Waals surface area (Å²) in [5.74, 6) is -2.94. The predicted octanol–water partition coefficient (Wildman–Crippen LogP) is 3.70. The van der Waals surface area contributed by atoms with E-state index in [2.05, 4.69) is 14.7 Å². The maximum Gasteiger partial charge on any atom is 0.471 e. The van der Waals surface area contributed by atoms with Crippen LogP contribution < -0.4 is 4.74 Å². The summed E-state index contributed by atoms with van der Waals surface area (Å²) in [6.45, 7) is 0.874. The Kier molecular flexibility index (Phi) is 4.87. The van der Waals surface area contributed by atoms with Gasteiger partial charge in [0.2, 0.25) is 0 Å². The molecular formula is C19H14F6N4O3. The van der Waals surface area contributed by atoms with Gasteiger partial charge in [0.25, 0.3) is 5.91 Å². The number of hydrogen-bond acceptors (Lipinski definition) is 6. The van der Waals surface area contributed by atoms with Gasteiger partial charge in [0.05, 0.1) is 22.6 Å². The number of nitriles is 1. The molecule has 1 aromatic heterocycles. The third-order valence-electron chi connectivity index (χ3n) is 5.65. The highest BCUT2D eigenvalue weighted by Gasteiger charge is 2.65. The van der Waals surface area contributed by atoms with E-state index in [9.17, 15) is 31.1 Å². The lowest BCUT2D eigenvalue weighted by Gasteiger charge is -2.23. The van der Waals surface area contributed by atoms with Crippen LogP contribution in [0.1, 0.15) is 41.0 Å². The van der Waals surface area contributed by atoms with E-state index < -0.39 is 35.7 Å². The fourth-order valence-electron chi connectivity index (χ4n) is 3.82. The summed E-state index contributed by atoms with van der Waals surface area (Å²) in [5.41, 5.74) is -1.12. The molecule has 170 valence electrons. The van der Waals surface area contributed by atoms with Crippen molar-refractivity contribution >= 4 is 5.91 Å². The minimum atomic E-state index is -4.81. The number of rotatable bonds is 4. The first kappa shape index (κ1) is 21.9. The summed E-state index contributed by atoms with van der Waals surface area (Å²) in [7, 11) is 0. The Balaban J connectivity index is 1.58. The summed E-state index contributed by atoms with van der Waals surface area (Å²) in [6.07, 6.45) is -11.2. The minimum absolute atomic E-state index is 0.0346. The maximum atomic E-state index is 13.1. The first-order valence-corrected chi connectivity index (χ1v) is 9.33. The molecule has 1 amide bonds. The van der Waals surface area contributed by atoms with Crippen LogP contribution >= 0.6 is 0 Å². The highest BCUT2D eigenvalue weighted by Crippen LogP contribution is 2.58. The Bertz CT molecular complexity index is 1110. The van der Waals surface area contributed by atoms with Gasteiger partial charge in [0.1, 0.15) is 5.75 Å². The number of piperidine rings is 1. The number of likely N-dealkylation sites (tertiary alicyclic amines) is 1. The van der Waals surface area contributed by atoms with Crippen LogP contribution in [-0.4, -0.2) is 46.3 Å². The van der Waals surface area contributed by atoms with Gasteiger partial charge in [-0.2, -0.15) is 36.6 Å². The van der Waals surface area contributed by atoms with Crippen molar-refractivity contribution in [3.63, 3.8) is 0 Å². The van der Waals surface area contributed by atoms with Gasteiger partial charge in [-0.15, -0.1) is 0 Å². The quantitative estimate of drug-likeness (QED) is 0.647. The lowest BCUT2D eigenvalue weighted by Crippen LogP contribution is -2.35. The summed E-state index contributed by atoms with van der Waals surface area (Å²) in [5, 5.41) is 12.5. The van der Waals surface area contributed by atoms with E-state index in [1.54, 1.807) is 6.07 Å². The Morgan fingerprint density at radius 2 is 2.06 bits per heavy atom. The second kappa shape index (κ2) is 7.11. The predicted molar refractivity (Wildman–Crippen MR) is 92.3 cm³/mol. The average molecular weight is 460 g/mol. The Morgan fingerprint density at radius 1 is 1.34 bits per heavy atom. The molecule has 1 aliphatic heterocycles. The van der Waals surface area contributed by atoms with E-state index in [-0.39, 0.29) is 41.7 Å². The number of carbonyl (C=O) groups is 1. The summed E-state index contributed by atoms with van der Waals surface area (Å²) < 4.78 is 86.3. The molecule has 2 aromatic rings. The van der Waals surface area contributed by atoms with Gasteiger partial charge >= 0.3 is 18.2 Å². The lowest BCUT2D eigenvalue weighted by molar-refractivity contribution is -0.189. The van der Waals surface area contributed by atoms with Crippen LogP contribution in [0.25, 0.3) is 0 Å². The van der Waals surface area contributed by atoms with Crippen LogP contribution in [-0.2, 0) is 11.6 Å². The largest absolute Gasteiger partial charge is 0.480 e. The highest BCUT2D eigenvalue weighted by molar-refractivity contribution is 5.97. The average Bonchev–Trinajstić information content (AvgIpc) is 3.09. The third-order valence-corrected chi connectivity index (χ3v) is 5.65. The fourth-order valence-corrected chi connectivity index (χ4v) is 3.82. The molecule has 1 aromatic carbocycles. The fraction of sp³-hybridized carbons (Fsp3) is 0.474. The summed E-state index contributed by atoms with van der Waals surface area (Å²) in [4.78, 5) is 17.8. The number of fused-ring (bicyclic) bond motifs is 1. The van der Waals surface area contributed by atoms with Gasteiger partial charge in [-0.25, -0.2) is 0 Å². The van der Waals surface area contributed by atoms with Crippen molar-refractivity contribution < 1.29 is 40.4 Å². The molecule has 7 nitrogen and oxygen atoms in total. The van der Waals surface area contributed by atoms with Gasteiger partial charge in [-0.3, -0.25) is 4.79 Å². The minimum Gasteiger partial charge on any atom is -0.480 e. The molecular weight excluding hydrogens is 446 g/mol. The Hall–Kier alpha value is -3.30.